The van der Waals surface area contributed by atoms with Gasteiger partial charge in [0.2, 0.25) is 0 Å². The van der Waals surface area contributed by atoms with Crippen LogP contribution in [0.25, 0.3) is 10.7 Å². The van der Waals surface area contributed by atoms with E-state index in [2.05, 4.69) is 9.97 Å². The average Bonchev–Trinajstić information content (AvgIpc) is 2.61. The maximum absolute atomic E-state index is 9.98. The molecule has 3 nitrogen and oxygen atoms in total. The zero-order chi connectivity index (χ0) is 11.8. The second-order valence-electron chi connectivity index (χ2n) is 4.21. The summed E-state index contributed by atoms with van der Waals surface area (Å²) in [5.74, 6) is 0. The van der Waals surface area contributed by atoms with Crippen LogP contribution in [0.5, 0.6) is 0 Å². The number of pyridine rings is 1. The molecule has 2 aromatic heterocycles. The molecule has 84 valence electrons. The molecule has 0 aliphatic carbocycles. The highest BCUT2D eigenvalue weighted by Crippen LogP contribution is 2.33. The Morgan fingerprint density at radius 3 is 2.56 bits per heavy atom. The third kappa shape index (κ3) is 2.13. The molecule has 4 heteroatoms. The lowest BCUT2D eigenvalue weighted by Gasteiger charge is -2.14. The van der Waals surface area contributed by atoms with E-state index in [0.29, 0.717) is 0 Å². The summed E-state index contributed by atoms with van der Waals surface area (Å²) in [7, 11) is 0. The Morgan fingerprint density at radius 2 is 2.06 bits per heavy atom. The summed E-state index contributed by atoms with van der Waals surface area (Å²) in [5, 5.41) is 10.8. The normalized spacial score (nSPS) is 11.8. The first-order valence-electron chi connectivity index (χ1n) is 5.10. The van der Waals surface area contributed by atoms with Gasteiger partial charge >= 0.3 is 0 Å². The number of rotatable bonds is 2. The van der Waals surface area contributed by atoms with Crippen LogP contribution in [-0.2, 0) is 5.60 Å². The summed E-state index contributed by atoms with van der Waals surface area (Å²) >= 11 is 1.50. The van der Waals surface area contributed by atoms with Crippen LogP contribution in [0.3, 0.4) is 0 Å². The maximum atomic E-state index is 9.98. The van der Waals surface area contributed by atoms with E-state index in [1.807, 2.05) is 25.1 Å². The van der Waals surface area contributed by atoms with Crippen LogP contribution in [-0.4, -0.2) is 15.1 Å². The Bertz CT molecular complexity index is 485. The van der Waals surface area contributed by atoms with Crippen molar-refractivity contribution in [3.63, 3.8) is 0 Å². The van der Waals surface area contributed by atoms with Gasteiger partial charge in [0.15, 0.2) is 0 Å². The van der Waals surface area contributed by atoms with E-state index in [4.69, 9.17) is 0 Å². The highest BCUT2D eigenvalue weighted by atomic mass is 32.1. The van der Waals surface area contributed by atoms with Crippen molar-refractivity contribution < 1.29 is 5.11 Å². The van der Waals surface area contributed by atoms with Crippen LogP contribution < -0.4 is 0 Å². The minimum atomic E-state index is -0.839. The monoisotopic (exact) mass is 234 g/mol. The number of thiazole rings is 1. The van der Waals surface area contributed by atoms with Crippen molar-refractivity contribution in [2.75, 3.05) is 0 Å². The molecule has 16 heavy (non-hydrogen) atoms. The first-order chi connectivity index (χ1) is 7.48. The lowest BCUT2D eigenvalue weighted by molar-refractivity contribution is 0.0817. The van der Waals surface area contributed by atoms with E-state index < -0.39 is 5.60 Å². The number of aryl methyl sites for hydroxylation is 1. The van der Waals surface area contributed by atoms with Crippen LogP contribution in [0.2, 0.25) is 0 Å². The molecule has 0 bridgehead atoms. The van der Waals surface area contributed by atoms with Gasteiger partial charge in [0.1, 0.15) is 5.01 Å². The van der Waals surface area contributed by atoms with Crippen molar-refractivity contribution in [3.8, 4) is 10.7 Å². The second kappa shape index (κ2) is 3.96. The highest BCUT2D eigenvalue weighted by Gasteiger charge is 2.23. The van der Waals surface area contributed by atoms with Crippen LogP contribution in [0, 0.1) is 6.92 Å². The molecule has 0 amide bonds. The van der Waals surface area contributed by atoms with Gasteiger partial charge in [0, 0.05) is 6.20 Å². The third-order valence-electron chi connectivity index (χ3n) is 2.24. The zero-order valence-corrected chi connectivity index (χ0v) is 10.4. The fourth-order valence-electron chi connectivity index (χ4n) is 1.56. The van der Waals surface area contributed by atoms with E-state index in [1.54, 1.807) is 20.0 Å². The molecule has 0 unspecified atom stereocenters. The Labute approximate surface area is 98.8 Å². The van der Waals surface area contributed by atoms with E-state index in [1.165, 1.54) is 11.3 Å². The molecular formula is C12H14N2OS. The first kappa shape index (κ1) is 11.2. The molecule has 0 aromatic carbocycles. The van der Waals surface area contributed by atoms with Crippen molar-refractivity contribution in [2.24, 2.45) is 0 Å². The molecule has 0 aliphatic heterocycles. The van der Waals surface area contributed by atoms with E-state index in [-0.39, 0.29) is 0 Å². The molecule has 0 spiro atoms. The smallest absolute Gasteiger partial charge is 0.142 e. The van der Waals surface area contributed by atoms with Crippen molar-refractivity contribution in [1.82, 2.24) is 9.97 Å². The van der Waals surface area contributed by atoms with E-state index in [0.717, 1.165) is 21.3 Å². The van der Waals surface area contributed by atoms with E-state index in [9.17, 15) is 5.11 Å². The molecule has 0 atom stereocenters. The Morgan fingerprint density at radius 1 is 1.31 bits per heavy atom. The fraction of sp³-hybridized carbons (Fsp3) is 0.333. The van der Waals surface area contributed by atoms with E-state index >= 15 is 0 Å². The predicted octanol–water partition coefficient (Wildman–Crippen LogP) is 2.74. The van der Waals surface area contributed by atoms with Crippen LogP contribution in [0.4, 0.5) is 0 Å². The highest BCUT2D eigenvalue weighted by molar-refractivity contribution is 7.15. The molecule has 1 N–H and O–H groups in total. The summed E-state index contributed by atoms with van der Waals surface area (Å²) in [6.07, 6.45) is 1.75. The average molecular weight is 234 g/mol. The Hall–Kier alpha value is -1.26. The maximum Gasteiger partial charge on any atom is 0.142 e. The number of nitrogens with zero attached hydrogens (tertiary/aromatic N) is 2. The predicted molar refractivity (Wildman–Crippen MR) is 65.3 cm³/mol. The number of aromatic nitrogens is 2. The van der Waals surface area contributed by atoms with Crippen molar-refractivity contribution in [2.45, 2.75) is 26.4 Å². The van der Waals surface area contributed by atoms with Crippen LogP contribution in [0.15, 0.2) is 24.4 Å². The minimum Gasteiger partial charge on any atom is -0.385 e. The number of hydrogen-bond acceptors (Lipinski definition) is 4. The Kier molecular flexibility index (Phi) is 2.78. The molecule has 2 heterocycles. The quantitative estimate of drug-likeness (QED) is 0.869. The molecular weight excluding hydrogens is 220 g/mol. The summed E-state index contributed by atoms with van der Waals surface area (Å²) in [5.41, 5.74) is 0.888. The van der Waals surface area contributed by atoms with Gasteiger partial charge in [-0.05, 0) is 32.9 Å². The summed E-state index contributed by atoms with van der Waals surface area (Å²) in [6.45, 7) is 5.46. The molecule has 2 aromatic rings. The number of hydrogen-bond donors (Lipinski definition) is 1. The SMILES string of the molecule is Cc1nc(-c2ccccn2)sc1C(C)(C)O. The Balaban J connectivity index is 2.47. The molecule has 0 aliphatic rings. The first-order valence-corrected chi connectivity index (χ1v) is 5.92. The summed E-state index contributed by atoms with van der Waals surface area (Å²) in [4.78, 5) is 9.59. The summed E-state index contributed by atoms with van der Waals surface area (Å²) < 4.78 is 0. The molecule has 0 saturated heterocycles. The summed E-state index contributed by atoms with van der Waals surface area (Å²) in [6, 6.07) is 5.73. The van der Waals surface area contributed by atoms with Crippen LogP contribution >= 0.6 is 11.3 Å². The molecule has 2 rings (SSSR count). The molecule has 0 radical (unpaired) electrons. The van der Waals surface area contributed by atoms with Gasteiger partial charge in [-0.1, -0.05) is 6.07 Å². The lowest BCUT2D eigenvalue weighted by atomic mass is 10.1. The fourth-order valence-corrected chi connectivity index (χ4v) is 2.61. The minimum absolute atomic E-state index is 0.839. The lowest BCUT2D eigenvalue weighted by Crippen LogP contribution is -2.14. The zero-order valence-electron chi connectivity index (χ0n) is 9.56. The largest absolute Gasteiger partial charge is 0.385 e. The van der Waals surface area contributed by atoms with Gasteiger partial charge in [-0.15, -0.1) is 11.3 Å². The van der Waals surface area contributed by atoms with Crippen molar-refractivity contribution in [1.29, 1.82) is 0 Å². The van der Waals surface area contributed by atoms with Gasteiger partial charge in [0.25, 0.3) is 0 Å². The standard InChI is InChI=1S/C12H14N2OS/c1-8-10(12(2,3)15)16-11(14-8)9-6-4-5-7-13-9/h4-7,15H,1-3H3. The second-order valence-corrected chi connectivity index (χ2v) is 5.21. The molecule has 0 saturated carbocycles. The van der Waals surface area contributed by atoms with Gasteiger partial charge in [0.05, 0.1) is 21.9 Å². The van der Waals surface area contributed by atoms with Crippen molar-refractivity contribution >= 4 is 11.3 Å². The third-order valence-corrected chi connectivity index (χ3v) is 3.73. The number of aliphatic hydroxyl groups is 1. The van der Waals surface area contributed by atoms with Gasteiger partial charge < -0.3 is 5.11 Å². The molecule has 0 fully saturated rings. The van der Waals surface area contributed by atoms with Gasteiger partial charge in [-0.2, -0.15) is 0 Å². The van der Waals surface area contributed by atoms with Crippen LogP contribution in [0.1, 0.15) is 24.4 Å². The topological polar surface area (TPSA) is 46.0 Å². The van der Waals surface area contributed by atoms with Crippen molar-refractivity contribution in [3.05, 3.63) is 35.0 Å². The van der Waals surface area contributed by atoms with Gasteiger partial charge in [-0.25, -0.2) is 4.98 Å². The van der Waals surface area contributed by atoms with Gasteiger partial charge in [-0.3, -0.25) is 4.98 Å².